The molecule has 0 bridgehead atoms. The summed E-state index contributed by atoms with van der Waals surface area (Å²) in [7, 11) is 0. The second kappa shape index (κ2) is 17.7. The van der Waals surface area contributed by atoms with Gasteiger partial charge in [0, 0.05) is 33.2 Å². The normalized spacial score (nSPS) is 13.0. The van der Waals surface area contributed by atoms with Gasteiger partial charge in [-0.2, -0.15) is 0 Å². The summed E-state index contributed by atoms with van der Waals surface area (Å²) < 4.78 is 6.72. The van der Waals surface area contributed by atoms with E-state index in [1.165, 1.54) is 72.0 Å². The highest BCUT2D eigenvalue weighted by Gasteiger charge is 2.47. The van der Waals surface area contributed by atoms with Crippen LogP contribution < -0.4 is 4.90 Å². The molecule has 11 aromatic carbocycles. The molecule has 0 N–H and O–H groups in total. The van der Waals surface area contributed by atoms with Crippen LogP contribution in [0.25, 0.3) is 77.2 Å². The number of benzene rings is 11. The topological polar surface area (TPSA) is 16.4 Å². The summed E-state index contributed by atoms with van der Waals surface area (Å²) >= 11 is 0. The molecular weight excluding hydrogens is 907 g/mol. The van der Waals surface area contributed by atoms with Gasteiger partial charge in [-0.25, -0.2) is 0 Å². The molecule has 362 valence electrons. The third-order valence-electron chi connectivity index (χ3n) is 15.8. The van der Waals surface area contributed by atoms with E-state index < -0.39 is 5.41 Å². The highest BCUT2D eigenvalue weighted by Crippen LogP contribution is 2.60. The van der Waals surface area contributed by atoms with Crippen LogP contribution in [0.5, 0.6) is 0 Å². The van der Waals surface area contributed by atoms with Crippen LogP contribution in [0.1, 0.15) is 74.9 Å². The zero-order valence-corrected chi connectivity index (χ0v) is 43.5. The van der Waals surface area contributed by atoms with Crippen molar-refractivity contribution in [2.24, 2.45) is 0 Å². The third kappa shape index (κ3) is 7.53. The van der Waals surface area contributed by atoms with Gasteiger partial charge in [0.05, 0.1) is 16.8 Å². The molecule has 1 heterocycles. The van der Waals surface area contributed by atoms with Crippen molar-refractivity contribution in [3.63, 3.8) is 0 Å². The van der Waals surface area contributed by atoms with Gasteiger partial charge in [-0.1, -0.05) is 260 Å². The first-order valence-corrected chi connectivity index (χ1v) is 26.4. The molecule has 2 heteroatoms. The van der Waals surface area contributed by atoms with Crippen LogP contribution in [-0.4, -0.2) is 0 Å². The van der Waals surface area contributed by atoms with Gasteiger partial charge in [0.15, 0.2) is 0 Å². The van der Waals surface area contributed by atoms with Gasteiger partial charge in [0.25, 0.3) is 0 Å². The first-order valence-electron chi connectivity index (χ1n) is 26.4. The zero-order valence-electron chi connectivity index (χ0n) is 43.5. The quantitative estimate of drug-likeness (QED) is 0.151. The summed E-state index contributed by atoms with van der Waals surface area (Å²) in [5, 5.41) is 4.67. The SMILES string of the molecule is CC(C)(C)c1cc(-c2cccc3cccc(-c4ccccc4N(c4cccc(-c5cccc6c5oc5ccccc56)c4)c4cccc5c4-c4ccccc4C5(c4ccccc4)c4ccccc4)c23)cc(C(C)(C)C)c1. The molecule has 0 saturated carbocycles. The Morgan fingerprint density at radius 1 is 0.373 bits per heavy atom. The average molecular weight is 966 g/mol. The van der Waals surface area contributed by atoms with Crippen LogP contribution in [0, 0.1) is 0 Å². The van der Waals surface area contributed by atoms with Crippen molar-refractivity contribution < 1.29 is 4.42 Å². The molecule has 1 aromatic heterocycles. The van der Waals surface area contributed by atoms with E-state index in [4.69, 9.17) is 4.42 Å². The number of para-hydroxylation sites is 3. The molecule has 0 unspecified atom stereocenters. The fourth-order valence-electron chi connectivity index (χ4n) is 12.2. The maximum absolute atomic E-state index is 6.72. The van der Waals surface area contributed by atoms with Gasteiger partial charge in [0.2, 0.25) is 0 Å². The summed E-state index contributed by atoms with van der Waals surface area (Å²) in [6.45, 7) is 14.0. The van der Waals surface area contributed by atoms with Crippen molar-refractivity contribution in [3.8, 4) is 44.5 Å². The minimum absolute atomic E-state index is 0.0336. The predicted molar refractivity (Wildman–Crippen MR) is 317 cm³/mol. The molecule has 0 saturated heterocycles. The highest BCUT2D eigenvalue weighted by atomic mass is 16.3. The number of hydrogen-bond donors (Lipinski definition) is 0. The molecular formula is C73H59NO. The van der Waals surface area contributed by atoms with E-state index >= 15 is 0 Å². The van der Waals surface area contributed by atoms with E-state index in [0.717, 1.165) is 55.7 Å². The number of anilines is 3. The van der Waals surface area contributed by atoms with Gasteiger partial charge in [-0.05, 0) is 113 Å². The Kier molecular flexibility index (Phi) is 10.9. The zero-order chi connectivity index (χ0) is 51.1. The van der Waals surface area contributed by atoms with Crippen LogP contribution in [-0.2, 0) is 16.2 Å². The van der Waals surface area contributed by atoms with E-state index in [1.807, 2.05) is 6.07 Å². The van der Waals surface area contributed by atoms with E-state index in [9.17, 15) is 0 Å². The highest BCUT2D eigenvalue weighted by molar-refractivity contribution is 6.11. The molecule has 0 radical (unpaired) electrons. The van der Waals surface area contributed by atoms with Crippen molar-refractivity contribution in [1.82, 2.24) is 0 Å². The fraction of sp³-hybridized carbons (Fsp3) is 0.123. The maximum Gasteiger partial charge on any atom is 0.143 e. The molecule has 75 heavy (non-hydrogen) atoms. The second-order valence-electron chi connectivity index (χ2n) is 22.4. The van der Waals surface area contributed by atoms with Gasteiger partial charge in [-0.3, -0.25) is 0 Å². The molecule has 0 spiro atoms. The Morgan fingerprint density at radius 3 is 1.63 bits per heavy atom. The minimum atomic E-state index is -0.577. The van der Waals surface area contributed by atoms with Crippen molar-refractivity contribution in [2.75, 3.05) is 4.90 Å². The van der Waals surface area contributed by atoms with Crippen LogP contribution in [0.4, 0.5) is 17.1 Å². The summed E-state index contributed by atoms with van der Waals surface area (Å²) in [5.74, 6) is 0. The molecule has 1 aliphatic carbocycles. The van der Waals surface area contributed by atoms with Gasteiger partial charge >= 0.3 is 0 Å². The minimum Gasteiger partial charge on any atom is -0.455 e. The molecule has 0 fully saturated rings. The summed E-state index contributed by atoms with van der Waals surface area (Å²) in [4.78, 5) is 2.54. The Labute approximate surface area is 441 Å². The lowest BCUT2D eigenvalue weighted by Crippen LogP contribution is -2.28. The second-order valence-corrected chi connectivity index (χ2v) is 22.4. The molecule has 0 atom stereocenters. The molecule has 12 aromatic rings. The predicted octanol–water partition coefficient (Wildman–Crippen LogP) is 20.2. The lowest BCUT2D eigenvalue weighted by molar-refractivity contribution is 0.569. The van der Waals surface area contributed by atoms with Crippen LogP contribution in [0.15, 0.2) is 253 Å². The molecule has 13 rings (SSSR count). The van der Waals surface area contributed by atoms with Crippen LogP contribution >= 0.6 is 0 Å². The van der Waals surface area contributed by atoms with Crippen molar-refractivity contribution in [2.45, 2.75) is 57.8 Å². The lowest BCUT2D eigenvalue weighted by atomic mass is 9.68. The Balaban J connectivity index is 1.11. The number of rotatable bonds is 8. The number of fused-ring (bicyclic) bond motifs is 7. The first-order chi connectivity index (χ1) is 36.5. The number of furan rings is 1. The average Bonchev–Trinajstić information content (AvgIpc) is 4.08. The summed E-state index contributed by atoms with van der Waals surface area (Å²) in [6, 6.07) is 92.3. The fourth-order valence-corrected chi connectivity index (χ4v) is 12.2. The Bertz CT molecular complexity index is 4070. The first kappa shape index (κ1) is 46.1. The van der Waals surface area contributed by atoms with Crippen molar-refractivity contribution in [1.29, 1.82) is 0 Å². The molecule has 1 aliphatic rings. The molecule has 0 amide bonds. The molecule has 0 aliphatic heterocycles. The number of hydrogen-bond acceptors (Lipinski definition) is 2. The molecule has 2 nitrogen and oxygen atoms in total. The summed E-state index contributed by atoms with van der Waals surface area (Å²) in [6.07, 6.45) is 0. The maximum atomic E-state index is 6.72. The van der Waals surface area contributed by atoms with E-state index in [2.05, 4.69) is 289 Å². The third-order valence-corrected chi connectivity index (χ3v) is 15.8. The van der Waals surface area contributed by atoms with E-state index in [0.29, 0.717) is 0 Å². The van der Waals surface area contributed by atoms with E-state index in [1.54, 1.807) is 0 Å². The Morgan fingerprint density at radius 2 is 0.907 bits per heavy atom. The summed E-state index contributed by atoms with van der Waals surface area (Å²) in [5.41, 5.74) is 21.4. The van der Waals surface area contributed by atoms with Crippen LogP contribution in [0.2, 0.25) is 0 Å². The van der Waals surface area contributed by atoms with Gasteiger partial charge in [0.1, 0.15) is 11.2 Å². The van der Waals surface area contributed by atoms with Crippen molar-refractivity contribution >= 4 is 49.8 Å². The van der Waals surface area contributed by atoms with Crippen LogP contribution in [0.3, 0.4) is 0 Å². The smallest absolute Gasteiger partial charge is 0.143 e. The largest absolute Gasteiger partial charge is 0.455 e. The van der Waals surface area contributed by atoms with E-state index in [-0.39, 0.29) is 10.8 Å². The van der Waals surface area contributed by atoms with Gasteiger partial charge in [-0.15, -0.1) is 0 Å². The van der Waals surface area contributed by atoms with Gasteiger partial charge < -0.3 is 9.32 Å². The Hall–Kier alpha value is -8.72. The monoisotopic (exact) mass is 965 g/mol. The number of nitrogens with zero attached hydrogens (tertiary/aromatic N) is 1. The lowest BCUT2D eigenvalue weighted by Gasteiger charge is -2.34. The van der Waals surface area contributed by atoms with Crippen molar-refractivity contribution in [3.05, 3.63) is 282 Å². The standard InChI is InChI=1S/C73H59NO/c1-71(2,3)53-44-50(45-54(47-53)72(4,5)6)56-35-20-24-48-25-21-37-60(68(48)56)58-32-14-17-41-65(58)74(55-31-19-26-49(46-55)57-36-22-38-61-59-33-15-18-43-67(59)75-70(57)61)66-42-23-40-64-69(66)62-34-13-16-39-63(62)73(64,51-27-9-7-10-28-51)52-29-11-8-12-30-52/h7-47H,1-6H3.